The van der Waals surface area contributed by atoms with Crippen LogP contribution in [0.5, 0.6) is 0 Å². The molecule has 0 N–H and O–H groups in total. The number of amides is 1. The van der Waals surface area contributed by atoms with Crippen LogP contribution in [0.4, 0.5) is 17.1 Å². The maximum Gasteiger partial charge on any atom is 0.234 e. The number of nitrogens with zero attached hydrogens (tertiary/aromatic N) is 4. The van der Waals surface area contributed by atoms with E-state index in [1.54, 1.807) is 0 Å². The van der Waals surface area contributed by atoms with Crippen molar-refractivity contribution in [3.8, 4) is 0 Å². The summed E-state index contributed by atoms with van der Waals surface area (Å²) in [5, 5.41) is 7.34. The minimum atomic E-state index is -0.551. The standard InChI is InChI=1S/C26H24N4O/c1-28-22-16-8-9-17-23(22)29-24(19-11-4-2-5-12-19)27-30(20-13-6-3-7-14-20)26(29)18-10-15-21(26)25(28)31/h2-9,11-14,16-17,21H,10,15,18H2,1H3/t21-,26+/m0/s1. The van der Waals surface area contributed by atoms with E-state index in [9.17, 15) is 4.79 Å². The molecule has 5 nitrogen and oxygen atoms in total. The molecule has 1 amide bonds. The molecule has 3 aromatic rings. The van der Waals surface area contributed by atoms with Crippen molar-refractivity contribution >= 4 is 28.8 Å². The monoisotopic (exact) mass is 408 g/mol. The molecule has 0 radical (unpaired) electrons. The summed E-state index contributed by atoms with van der Waals surface area (Å²) >= 11 is 0. The first-order valence-electron chi connectivity index (χ1n) is 10.9. The molecule has 0 aromatic heterocycles. The molecule has 0 saturated heterocycles. The van der Waals surface area contributed by atoms with Crippen LogP contribution >= 0.6 is 0 Å². The van der Waals surface area contributed by atoms with Crippen LogP contribution in [0.15, 0.2) is 90.0 Å². The fourth-order valence-electron chi connectivity index (χ4n) is 5.55. The predicted molar refractivity (Wildman–Crippen MR) is 124 cm³/mol. The highest BCUT2D eigenvalue weighted by molar-refractivity contribution is 6.18. The zero-order chi connectivity index (χ0) is 21.0. The minimum absolute atomic E-state index is 0.165. The van der Waals surface area contributed by atoms with Gasteiger partial charge in [-0.3, -0.25) is 9.69 Å². The summed E-state index contributed by atoms with van der Waals surface area (Å²) in [6.07, 6.45) is 2.72. The second-order valence-corrected chi connectivity index (χ2v) is 8.48. The maximum absolute atomic E-state index is 13.8. The van der Waals surface area contributed by atoms with Crippen molar-refractivity contribution in [2.24, 2.45) is 11.0 Å². The Balaban J connectivity index is 1.67. The number of carbonyl (C=O) groups is 1. The zero-order valence-electron chi connectivity index (χ0n) is 17.5. The van der Waals surface area contributed by atoms with Crippen molar-refractivity contribution in [2.75, 3.05) is 21.9 Å². The molecular formula is C26H24N4O. The van der Waals surface area contributed by atoms with Crippen LogP contribution in [0.3, 0.4) is 0 Å². The van der Waals surface area contributed by atoms with E-state index >= 15 is 0 Å². The number of amidine groups is 1. The first-order chi connectivity index (χ1) is 15.2. The van der Waals surface area contributed by atoms with E-state index in [-0.39, 0.29) is 11.8 Å². The molecular weight excluding hydrogens is 384 g/mol. The molecule has 2 heterocycles. The number of anilines is 3. The smallest absolute Gasteiger partial charge is 0.234 e. The molecule has 0 unspecified atom stereocenters. The Labute approximate surface area is 182 Å². The van der Waals surface area contributed by atoms with Crippen LogP contribution in [0.1, 0.15) is 24.8 Å². The lowest BCUT2D eigenvalue weighted by Crippen LogP contribution is -2.60. The second-order valence-electron chi connectivity index (χ2n) is 8.48. The molecule has 1 fully saturated rings. The lowest BCUT2D eigenvalue weighted by atomic mass is 9.91. The molecule has 0 bridgehead atoms. The Hall–Kier alpha value is -3.60. The quantitative estimate of drug-likeness (QED) is 0.609. The Kier molecular flexibility index (Phi) is 3.93. The van der Waals surface area contributed by atoms with Crippen molar-refractivity contribution in [1.29, 1.82) is 0 Å². The number of hydrogen-bond acceptors (Lipinski definition) is 4. The molecule has 1 spiro atoms. The van der Waals surface area contributed by atoms with Crippen molar-refractivity contribution in [3.05, 3.63) is 90.5 Å². The van der Waals surface area contributed by atoms with Crippen LogP contribution in [-0.2, 0) is 4.79 Å². The van der Waals surface area contributed by atoms with Crippen LogP contribution in [0.25, 0.3) is 0 Å². The van der Waals surface area contributed by atoms with Crippen molar-refractivity contribution in [3.63, 3.8) is 0 Å². The van der Waals surface area contributed by atoms with Gasteiger partial charge in [-0.25, -0.2) is 5.01 Å². The van der Waals surface area contributed by atoms with Crippen LogP contribution < -0.4 is 14.8 Å². The molecule has 2 atom stereocenters. The van der Waals surface area contributed by atoms with Crippen LogP contribution in [0.2, 0.25) is 0 Å². The Morgan fingerprint density at radius 1 is 0.871 bits per heavy atom. The normalized spacial score (nSPS) is 24.4. The lowest BCUT2D eigenvalue weighted by Gasteiger charge is -2.44. The van der Waals surface area contributed by atoms with E-state index in [4.69, 9.17) is 5.10 Å². The van der Waals surface area contributed by atoms with Crippen LogP contribution in [-0.4, -0.2) is 24.5 Å². The fraction of sp³-hybridized carbons (Fsp3) is 0.231. The van der Waals surface area contributed by atoms with Gasteiger partial charge in [0.15, 0.2) is 11.5 Å². The summed E-state index contributed by atoms with van der Waals surface area (Å²) in [6.45, 7) is 0. The number of benzene rings is 3. The minimum Gasteiger partial charge on any atom is -0.313 e. The third-order valence-corrected chi connectivity index (χ3v) is 6.90. The highest BCUT2D eigenvalue weighted by atomic mass is 16.2. The molecule has 31 heavy (non-hydrogen) atoms. The van der Waals surface area contributed by atoms with Gasteiger partial charge in [0, 0.05) is 12.6 Å². The average molecular weight is 409 g/mol. The average Bonchev–Trinajstić information content (AvgIpc) is 3.40. The molecule has 154 valence electrons. The number of carbonyl (C=O) groups excluding carboxylic acids is 1. The lowest BCUT2D eigenvalue weighted by molar-refractivity contribution is -0.123. The van der Waals surface area contributed by atoms with E-state index in [2.05, 4.69) is 40.2 Å². The van der Waals surface area contributed by atoms with Crippen LogP contribution in [0, 0.1) is 5.92 Å². The van der Waals surface area contributed by atoms with Gasteiger partial charge in [-0.05, 0) is 43.5 Å². The number of rotatable bonds is 2. The Morgan fingerprint density at radius 3 is 2.26 bits per heavy atom. The van der Waals surface area contributed by atoms with Crippen molar-refractivity contribution in [1.82, 2.24) is 0 Å². The largest absolute Gasteiger partial charge is 0.313 e. The van der Waals surface area contributed by atoms with Gasteiger partial charge >= 0.3 is 0 Å². The summed E-state index contributed by atoms with van der Waals surface area (Å²) in [6, 6.07) is 28.8. The van der Waals surface area contributed by atoms with Gasteiger partial charge in [-0.2, -0.15) is 5.10 Å². The second kappa shape index (κ2) is 6.71. The topological polar surface area (TPSA) is 39.2 Å². The first kappa shape index (κ1) is 18.2. The van der Waals surface area contributed by atoms with E-state index in [1.807, 2.05) is 66.5 Å². The maximum atomic E-state index is 13.8. The predicted octanol–water partition coefficient (Wildman–Crippen LogP) is 4.85. The number of hydrogen-bond donors (Lipinski definition) is 0. The molecule has 5 heteroatoms. The van der Waals surface area contributed by atoms with E-state index in [0.717, 1.165) is 47.7 Å². The van der Waals surface area contributed by atoms with Gasteiger partial charge in [0.05, 0.1) is 23.0 Å². The molecule has 1 aliphatic carbocycles. The summed E-state index contributed by atoms with van der Waals surface area (Å²) in [5.41, 5.74) is 3.48. The van der Waals surface area contributed by atoms with Gasteiger partial charge in [-0.15, -0.1) is 0 Å². The van der Waals surface area contributed by atoms with E-state index in [0.29, 0.717) is 0 Å². The molecule has 2 aliphatic heterocycles. The number of hydrazone groups is 1. The van der Waals surface area contributed by atoms with Gasteiger partial charge in [0.1, 0.15) is 0 Å². The zero-order valence-corrected chi connectivity index (χ0v) is 17.5. The fourth-order valence-corrected chi connectivity index (χ4v) is 5.55. The number of para-hydroxylation sites is 3. The summed E-state index contributed by atoms with van der Waals surface area (Å²) < 4.78 is 0. The SMILES string of the molecule is CN1C(=O)[C@@H]2CCC[C@@]23N(c2ccccc2)N=C(c2ccccc2)N3c2ccccc21. The Bertz CT molecular complexity index is 1180. The summed E-state index contributed by atoms with van der Waals surface area (Å²) in [4.78, 5) is 18.0. The molecule has 1 saturated carbocycles. The first-order valence-corrected chi connectivity index (χ1v) is 10.9. The van der Waals surface area contributed by atoms with Crippen molar-refractivity contribution in [2.45, 2.75) is 24.9 Å². The van der Waals surface area contributed by atoms with Gasteiger partial charge in [0.2, 0.25) is 5.91 Å². The Morgan fingerprint density at radius 2 is 1.52 bits per heavy atom. The van der Waals surface area contributed by atoms with Gasteiger partial charge in [0.25, 0.3) is 0 Å². The summed E-state index contributed by atoms with van der Waals surface area (Å²) in [7, 11) is 1.90. The van der Waals surface area contributed by atoms with Gasteiger partial charge < -0.3 is 4.90 Å². The van der Waals surface area contributed by atoms with E-state index < -0.39 is 5.66 Å². The third-order valence-electron chi connectivity index (χ3n) is 6.90. The third kappa shape index (κ3) is 2.43. The molecule has 3 aliphatic rings. The number of fused-ring (bicyclic) bond motifs is 2. The molecule has 3 aromatic carbocycles. The summed E-state index contributed by atoms with van der Waals surface area (Å²) in [5.74, 6) is 0.889. The highest BCUT2D eigenvalue weighted by Gasteiger charge is 2.62. The highest BCUT2D eigenvalue weighted by Crippen LogP contribution is 2.54. The van der Waals surface area contributed by atoms with Crippen molar-refractivity contribution < 1.29 is 4.79 Å². The van der Waals surface area contributed by atoms with Gasteiger partial charge in [-0.1, -0.05) is 60.7 Å². The van der Waals surface area contributed by atoms with E-state index in [1.165, 1.54) is 0 Å². The molecule has 6 rings (SSSR count).